The zero-order chi connectivity index (χ0) is 32.1. The smallest absolute Gasteiger partial charge is 0.323 e. The summed E-state index contributed by atoms with van der Waals surface area (Å²) in [7, 11) is 0. The normalized spacial score (nSPS) is 19.0. The first-order valence-corrected chi connectivity index (χ1v) is 16.4. The average Bonchev–Trinajstić information content (AvgIpc) is 3.71. The van der Waals surface area contributed by atoms with Crippen LogP contribution >= 0.6 is 11.6 Å². The van der Waals surface area contributed by atoms with Crippen molar-refractivity contribution in [2.75, 3.05) is 11.4 Å². The lowest BCUT2D eigenvalue weighted by Crippen LogP contribution is -2.50. The number of nitrogens with zero attached hydrogens (tertiary/aromatic N) is 2. The van der Waals surface area contributed by atoms with Gasteiger partial charge >= 0.3 is 5.69 Å². The van der Waals surface area contributed by atoms with Gasteiger partial charge in [-0.05, 0) is 111 Å². The van der Waals surface area contributed by atoms with Crippen molar-refractivity contribution in [1.29, 1.82) is 0 Å². The van der Waals surface area contributed by atoms with Crippen LogP contribution in [-0.2, 0) is 16.0 Å². The van der Waals surface area contributed by atoms with Gasteiger partial charge in [0.05, 0.1) is 38.8 Å². The predicted octanol–water partition coefficient (Wildman–Crippen LogP) is 5.43. The summed E-state index contributed by atoms with van der Waals surface area (Å²) in [6.45, 7) is 2.68. The Morgan fingerprint density at radius 3 is 2.41 bits per heavy atom. The van der Waals surface area contributed by atoms with Crippen molar-refractivity contribution in [3.8, 4) is 11.1 Å². The molecule has 7 rings (SSSR count). The maximum Gasteiger partial charge on any atom is 0.323 e. The number of benzene rings is 3. The van der Waals surface area contributed by atoms with Gasteiger partial charge in [0, 0.05) is 11.8 Å². The number of imide groups is 1. The summed E-state index contributed by atoms with van der Waals surface area (Å²) in [5.74, 6) is 0.827. The number of hydrogen-bond acceptors (Lipinski definition) is 6. The maximum atomic E-state index is 14.0. The summed E-state index contributed by atoms with van der Waals surface area (Å²) in [5.41, 5.74) is 19.3. The molecule has 0 aliphatic heterocycles. The van der Waals surface area contributed by atoms with Crippen LogP contribution in [0.4, 0.5) is 5.69 Å². The lowest BCUT2D eigenvalue weighted by molar-refractivity contribution is -0.130. The van der Waals surface area contributed by atoms with E-state index < -0.39 is 17.6 Å². The number of nitrogens with one attached hydrogen (secondary N) is 3. The van der Waals surface area contributed by atoms with E-state index in [9.17, 15) is 14.4 Å². The number of carbonyl (C=O) groups is 2. The van der Waals surface area contributed by atoms with Crippen LogP contribution in [0.1, 0.15) is 61.4 Å². The highest BCUT2D eigenvalue weighted by Gasteiger charge is 2.35. The molecule has 2 aliphatic carbocycles. The summed E-state index contributed by atoms with van der Waals surface area (Å²) >= 11 is 6.50. The Morgan fingerprint density at radius 1 is 0.978 bits per heavy atom. The van der Waals surface area contributed by atoms with E-state index in [-0.39, 0.29) is 29.0 Å². The van der Waals surface area contributed by atoms with Crippen molar-refractivity contribution in [1.82, 2.24) is 19.9 Å². The highest BCUT2D eigenvalue weighted by Crippen LogP contribution is 2.40. The van der Waals surface area contributed by atoms with E-state index >= 15 is 0 Å². The Hall–Kier alpha value is -4.25. The first-order chi connectivity index (χ1) is 22.2. The van der Waals surface area contributed by atoms with E-state index in [1.165, 1.54) is 23.8 Å². The second-order valence-electron chi connectivity index (χ2n) is 13.0. The van der Waals surface area contributed by atoms with Crippen molar-refractivity contribution in [2.45, 2.75) is 63.8 Å². The molecule has 238 valence electrons. The molecule has 2 aliphatic rings. The van der Waals surface area contributed by atoms with Gasteiger partial charge in [-0.1, -0.05) is 35.9 Å². The number of hydrogen-bond donors (Lipinski definition) is 5. The van der Waals surface area contributed by atoms with E-state index in [0.717, 1.165) is 52.0 Å². The molecule has 7 N–H and O–H groups in total. The topological polar surface area (TPSA) is 167 Å². The minimum Gasteiger partial charge on any atom is -0.342 e. The highest BCUT2D eigenvalue weighted by atomic mass is 35.5. The van der Waals surface area contributed by atoms with Gasteiger partial charge in [-0.2, -0.15) is 0 Å². The van der Waals surface area contributed by atoms with E-state index in [1.807, 2.05) is 24.3 Å². The van der Waals surface area contributed by atoms with Gasteiger partial charge in [0.2, 0.25) is 5.91 Å². The maximum absolute atomic E-state index is 14.0. The van der Waals surface area contributed by atoms with E-state index in [4.69, 9.17) is 28.1 Å². The number of aromatic amines is 3. The standard InChI is InChI=1S/C35H38ClN7O3/c1-18-12-28-29(40-32(39-28)22-10-11-22)16-25(18)21-6-2-19(3-7-21)13-27(38)34(45)43(33(44)23-8-4-20(17-37)5-9-23)24-14-26(36)31-30(15-24)41-35(46)42-31/h2-3,6-7,12,14-16,20,22-23,27H,4-5,8-11,13,17,37-38H2,1H3,(H,39,40)(H2,41,42,46)/t20?,23?,27-/m0/s1. The number of halogens is 1. The second kappa shape index (κ2) is 12.2. The molecule has 2 aromatic heterocycles. The highest BCUT2D eigenvalue weighted by molar-refractivity contribution is 6.35. The Kier molecular flexibility index (Phi) is 8.04. The first kappa shape index (κ1) is 30.4. The average molecular weight is 640 g/mol. The molecule has 2 heterocycles. The number of nitrogens with two attached hydrogens (primary N) is 2. The van der Waals surface area contributed by atoms with E-state index in [1.54, 1.807) is 6.07 Å². The lowest BCUT2D eigenvalue weighted by atomic mass is 9.81. The molecule has 0 saturated heterocycles. The summed E-state index contributed by atoms with van der Waals surface area (Å²) in [6.07, 6.45) is 5.56. The fraction of sp³-hybridized carbons (Fsp3) is 0.371. The molecule has 46 heavy (non-hydrogen) atoms. The fourth-order valence-corrected chi connectivity index (χ4v) is 7.04. The molecule has 2 saturated carbocycles. The van der Waals surface area contributed by atoms with Gasteiger partial charge in [0.15, 0.2) is 0 Å². The summed E-state index contributed by atoms with van der Waals surface area (Å²) in [5, 5.41) is 0.222. The Balaban J connectivity index is 1.13. The number of aryl methyl sites for hydroxylation is 1. The Morgan fingerprint density at radius 2 is 1.72 bits per heavy atom. The van der Waals surface area contributed by atoms with Crippen LogP contribution in [0.25, 0.3) is 33.2 Å². The third-order valence-electron chi connectivity index (χ3n) is 9.64. The molecule has 1 atom stereocenters. The van der Waals surface area contributed by atoms with Gasteiger partial charge in [-0.3, -0.25) is 9.59 Å². The molecule has 11 heteroatoms. The molecule has 5 aromatic rings. The van der Waals surface area contributed by atoms with Crippen molar-refractivity contribution in [3.05, 3.63) is 81.0 Å². The minimum atomic E-state index is -0.988. The van der Waals surface area contributed by atoms with Crippen LogP contribution in [0, 0.1) is 18.8 Å². The number of anilines is 1. The molecule has 2 fully saturated rings. The van der Waals surface area contributed by atoms with E-state index in [2.05, 4.69) is 34.0 Å². The van der Waals surface area contributed by atoms with Gasteiger partial charge < -0.3 is 26.4 Å². The number of aromatic nitrogens is 4. The quantitative estimate of drug-likeness (QED) is 0.152. The van der Waals surface area contributed by atoms with Crippen molar-refractivity contribution >= 4 is 51.2 Å². The number of rotatable bonds is 8. The number of H-pyrrole nitrogens is 3. The first-order valence-electron chi connectivity index (χ1n) is 16.0. The van der Waals surface area contributed by atoms with Gasteiger partial charge in [-0.15, -0.1) is 0 Å². The summed E-state index contributed by atoms with van der Waals surface area (Å²) < 4.78 is 0. The third-order valence-corrected chi connectivity index (χ3v) is 9.94. The van der Waals surface area contributed by atoms with E-state index in [0.29, 0.717) is 42.3 Å². The largest absolute Gasteiger partial charge is 0.342 e. The van der Waals surface area contributed by atoms with Crippen molar-refractivity contribution in [3.63, 3.8) is 0 Å². The second-order valence-corrected chi connectivity index (χ2v) is 13.4. The number of carbonyl (C=O) groups excluding carboxylic acids is 2. The lowest BCUT2D eigenvalue weighted by Gasteiger charge is -2.32. The van der Waals surface area contributed by atoms with Crippen LogP contribution in [0.5, 0.6) is 0 Å². The van der Waals surface area contributed by atoms with Crippen LogP contribution in [0.15, 0.2) is 53.3 Å². The van der Waals surface area contributed by atoms with Crippen molar-refractivity contribution in [2.24, 2.45) is 23.3 Å². The van der Waals surface area contributed by atoms with Crippen LogP contribution in [-0.4, -0.2) is 44.3 Å². The molecule has 10 nitrogen and oxygen atoms in total. The Bertz CT molecular complexity index is 2000. The Labute approximate surface area is 270 Å². The SMILES string of the molecule is Cc1cc2[nH]c(C3CC3)nc2cc1-c1ccc(C[C@H](N)C(=O)N(C(=O)C2CCC(CN)CC2)c2cc(Cl)c3[nH]c(=O)[nH]c3c2)cc1. The predicted molar refractivity (Wildman–Crippen MR) is 181 cm³/mol. The zero-order valence-electron chi connectivity index (χ0n) is 25.7. The van der Waals surface area contributed by atoms with Gasteiger partial charge in [0.25, 0.3) is 5.91 Å². The van der Waals surface area contributed by atoms with Crippen molar-refractivity contribution < 1.29 is 9.59 Å². The molecule has 0 spiro atoms. The van der Waals surface area contributed by atoms with Crippen LogP contribution in [0.2, 0.25) is 5.02 Å². The van der Waals surface area contributed by atoms with Gasteiger partial charge in [0.1, 0.15) is 5.82 Å². The van der Waals surface area contributed by atoms with Crippen LogP contribution < -0.4 is 22.1 Å². The van der Waals surface area contributed by atoms with Crippen LogP contribution in [0.3, 0.4) is 0 Å². The molecule has 0 unspecified atom stereocenters. The number of amides is 2. The molecule has 2 amide bonds. The molecule has 3 aromatic carbocycles. The summed E-state index contributed by atoms with van der Waals surface area (Å²) in [6, 6.07) is 14.4. The summed E-state index contributed by atoms with van der Waals surface area (Å²) in [4.78, 5) is 54.8. The minimum absolute atomic E-state index is 0.222. The molecular formula is C35H38ClN7O3. The monoisotopic (exact) mass is 639 g/mol. The number of imidazole rings is 2. The molecular weight excluding hydrogens is 602 g/mol. The van der Waals surface area contributed by atoms with Gasteiger partial charge in [-0.25, -0.2) is 14.7 Å². The molecule has 0 radical (unpaired) electrons. The fourth-order valence-electron chi connectivity index (χ4n) is 6.78. The zero-order valence-corrected chi connectivity index (χ0v) is 26.5. The molecule has 0 bridgehead atoms. The third kappa shape index (κ3) is 5.88. The number of fused-ring (bicyclic) bond motifs is 2.